The Hall–Kier alpha value is -0.290. The van der Waals surface area contributed by atoms with Crippen LogP contribution in [0.3, 0.4) is 0 Å². The van der Waals surface area contributed by atoms with Gasteiger partial charge in [0.05, 0.1) is 5.92 Å². The number of hydrogen-bond donors (Lipinski definition) is 1. The van der Waals surface area contributed by atoms with E-state index in [0.717, 1.165) is 39.0 Å². The summed E-state index contributed by atoms with van der Waals surface area (Å²) in [4.78, 5) is 2.33. The molecule has 0 aromatic rings. The second kappa shape index (κ2) is 8.10. The van der Waals surface area contributed by atoms with Crippen molar-refractivity contribution in [3.05, 3.63) is 0 Å². The zero-order valence-electron chi connectivity index (χ0n) is 12.1. The fourth-order valence-corrected chi connectivity index (χ4v) is 2.84. The second-order valence-electron chi connectivity index (χ2n) is 5.49. The van der Waals surface area contributed by atoms with Crippen LogP contribution in [0.2, 0.25) is 0 Å². The predicted molar refractivity (Wildman–Crippen MR) is 72.2 cm³/mol. The molecule has 0 aliphatic heterocycles. The van der Waals surface area contributed by atoms with Crippen molar-refractivity contribution in [2.45, 2.75) is 58.2 Å². The van der Waals surface area contributed by atoms with Gasteiger partial charge in [0, 0.05) is 19.1 Å². The fourth-order valence-electron chi connectivity index (χ4n) is 2.84. The third-order valence-electron chi connectivity index (χ3n) is 3.99. The minimum absolute atomic E-state index is 0.0423. The highest BCUT2D eigenvalue weighted by Gasteiger charge is 2.41. The molecule has 19 heavy (non-hydrogen) atoms. The summed E-state index contributed by atoms with van der Waals surface area (Å²) in [5.74, 6) is -1.10. The molecule has 0 spiro atoms. The van der Waals surface area contributed by atoms with Gasteiger partial charge in [-0.2, -0.15) is 13.2 Å². The van der Waals surface area contributed by atoms with Crippen molar-refractivity contribution < 1.29 is 13.2 Å². The molecule has 2 nitrogen and oxygen atoms in total. The number of hydrogen-bond acceptors (Lipinski definition) is 2. The van der Waals surface area contributed by atoms with Gasteiger partial charge in [0.1, 0.15) is 0 Å². The van der Waals surface area contributed by atoms with Crippen LogP contribution in [-0.4, -0.2) is 43.3 Å². The normalized spacial score (nSPS) is 24.9. The molecule has 5 heteroatoms. The van der Waals surface area contributed by atoms with E-state index in [1.165, 1.54) is 0 Å². The van der Waals surface area contributed by atoms with E-state index in [4.69, 9.17) is 0 Å². The van der Waals surface area contributed by atoms with E-state index >= 15 is 0 Å². The van der Waals surface area contributed by atoms with E-state index < -0.39 is 12.1 Å². The third-order valence-corrected chi connectivity index (χ3v) is 3.99. The Labute approximate surface area is 114 Å². The first-order valence-electron chi connectivity index (χ1n) is 7.49. The van der Waals surface area contributed by atoms with Crippen LogP contribution < -0.4 is 5.32 Å². The Kier molecular flexibility index (Phi) is 7.15. The summed E-state index contributed by atoms with van der Waals surface area (Å²) in [6, 6.07) is 0.0423. The van der Waals surface area contributed by atoms with E-state index in [-0.39, 0.29) is 12.5 Å². The van der Waals surface area contributed by atoms with Gasteiger partial charge in [0.25, 0.3) is 0 Å². The molecule has 0 aromatic carbocycles. The highest BCUT2D eigenvalue weighted by Crippen LogP contribution is 2.37. The highest BCUT2D eigenvalue weighted by molar-refractivity contribution is 4.81. The Morgan fingerprint density at radius 1 is 1.16 bits per heavy atom. The first kappa shape index (κ1) is 16.8. The average Bonchev–Trinajstić information content (AvgIpc) is 2.37. The maximum atomic E-state index is 12.7. The smallest absolute Gasteiger partial charge is 0.313 e. The summed E-state index contributed by atoms with van der Waals surface area (Å²) in [6.07, 6.45) is -0.770. The molecule has 114 valence electrons. The van der Waals surface area contributed by atoms with Crippen molar-refractivity contribution in [2.24, 2.45) is 5.92 Å². The molecule has 0 bridgehead atoms. The molecular formula is C14H27F3N2. The quantitative estimate of drug-likeness (QED) is 0.768. The van der Waals surface area contributed by atoms with Crippen LogP contribution in [0.15, 0.2) is 0 Å². The van der Waals surface area contributed by atoms with Crippen molar-refractivity contribution in [1.29, 1.82) is 0 Å². The Bertz CT molecular complexity index is 243. The molecular weight excluding hydrogens is 253 g/mol. The van der Waals surface area contributed by atoms with Crippen molar-refractivity contribution in [2.75, 3.05) is 26.2 Å². The highest BCUT2D eigenvalue weighted by atomic mass is 19.4. The van der Waals surface area contributed by atoms with E-state index in [9.17, 15) is 13.2 Å². The Morgan fingerprint density at radius 2 is 1.89 bits per heavy atom. The lowest BCUT2D eigenvalue weighted by molar-refractivity contribution is -0.183. The van der Waals surface area contributed by atoms with Crippen LogP contribution in [0.1, 0.15) is 46.0 Å². The molecule has 1 N–H and O–H groups in total. The summed E-state index contributed by atoms with van der Waals surface area (Å²) < 4.78 is 38.1. The molecule has 0 aromatic heterocycles. The van der Waals surface area contributed by atoms with E-state index in [0.29, 0.717) is 12.8 Å². The van der Waals surface area contributed by atoms with Crippen LogP contribution in [0.25, 0.3) is 0 Å². The lowest BCUT2D eigenvalue weighted by Crippen LogP contribution is -2.42. The van der Waals surface area contributed by atoms with Crippen molar-refractivity contribution in [3.8, 4) is 0 Å². The van der Waals surface area contributed by atoms with Crippen LogP contribution in [0.4, 0.5) is 13.2 Å². The standard InChI is InChI=1S/C14H27F3N2/c1-3-9-19(4-2)10-8-18-13-7-5-6-12(11-13)14(15,16)17/h12-13,18H,3-11H2,1-2H3. The maximum absolute atomic E-state index is 12.7. The summed E-state index contributed by atoms with van der Waals surface area (Å²) in [5, 5.41) is 3.31. The Balaban J connectivity index is 2.25. The van der Waals surface area contributed by atoms with Crippen LogP contribution in [0.5, 0.6) is 0 Å². The van der Waals surface area contributed by atoms with Gasteiger partial charge >= 0.3 is 6.18 Å². The minimum atomic E-state index is -4.02. The second-order valence-corrected chi connectivity index (χ2v) is 5.49. The van der Waals surface area contributed by atoms with Crippen molar-refractivity contribution in [1.82, 2.24) is 10.2 Å². The summed E-state index contributed by atoms with van der Waals surface area (Å²) >= 11 is 0. The number of nitrogens with zero attached hydrogens (tertiary/aromatic N) is 1. The maximum Gasteiger partial charge on any atom is 0.391 e. The van der Waals surface area contributed by atoms with Gasteiger partial charge in [0.15, 0.2) is 0 Å². The summed E-state index contributed by atoms with van der Waals surface area (Å²) in [5.41, 5.74) is 0. The van der Waals surface area contributed by atoms with Gasteiger partial charge in [-0.1, -0.05) is 20.3 Å². The van der Waals surface area contributed by atoms with E-state index in [2.05, 4.69) is 24.1 Å². The molecule has 1 fully saturated rings. The average molecular weight is 280 g/mol. The fraction of sp³-hybridized carbons (Fsp3) is 1.00. The molecule has 0 radical (unpaired) electrons. The monoisotopic (exact) mass is 280 g/mol. The van der Waals surface area contributed by atoms with Gasteiger partial charge in [-0.05, 0) is 38.8 Å². The predicted octanol–water partition coefficient (Wildman–Crippen LogP) is 3.43. The first-order valence-corrected chi connectivity index (χ1v) is 7.49. The number of likely N-dealkylation sites (N-methyl/N-ethyl adjacent to an activating group) is 1. The molecule has 1 aliphatic carbocycles. The summed E-state index contributed by atoms with van der Waals surface area (Å²) in [6.45, 7) is 8.06. The molecule has 1 saturated carbocycles. The third kappa shape index (κ3) is 6.13. The number of alkyl halides is 3. The largest absolute Gasteiger partial charge is 0.391 e. The number of halogens is 3. The van der Waals surface area contributed by atoms with Crippen molar-refractivity contribution in [3.63, 3.8) is 0 Å². The van der Waals surface area contributed by atoms with Gasteiger partial charge < -0.3 is 10.2 Å². The SMILES string of the molecule is CCCN(CC)CCNC1CCCC(C(F)(F)F)C1. The number of rotatable bonds is 7. The lowest BCUT2D eigenvalue weighted by atomic mass is 9.85. The number of nitrogens with one attached hydrogen (secondary N) is 1. The zero-order valence-corrected chi connectivity index (χ0v) is 12.1. The molecule has 1 rings (SSSR count). The molecule has 0 heterocycles. The molecule has 0 amide bonds. The molecule has 2 unspecified atom stereocenters. The van der Waals surface area contributed by atoms with E-state index in [1.807, 2.05) is 0 Å². The van der Waals surface area contributed by atoms with Gasteiger partial charge in [-0.3, -0.25) is 0 Å². The topological polar surface area (TPSA) is 15.3 Å². The van der Waals surface area contributed by atoms with Crippen LogP contribution >= 0.6 is 0 Å². The van der Waals surface area contributed by atoms with E-state index in [1.54, 1.807) is 0 Å². The molecule has 2 atom stereocenters. The van der Waals surface area contributed by atoms with Crippen molar-refractivity contribution >= 4 is 0 Å². The summed E-state index contributed by atoms with van der Waals surface area (Å²) in [7, 11) is 0. The van der Waals surface area contributed by atoms with Gasteiger partial charge in [-0.15, -0.1) is 0 Å². The van der Waals surface area contributed by atoms with Crippen LogP contribution in [0, 0.1) is 5.92 Å². The first-order chi connectivity index (χ1) is 8.97. The van der Waals surface area contributed by atoms with Gasteiger partial charge in [-0.25, -0.2) is 0 Å². The zero-order chi connectivity index (χ0) is 14.3. The Morgan fingerprint density at radius 3 is 2.47 bits per heavy atom. The molecule has 1 aliphatic rings. The minimum Gasteiger partial charge on any atom is -0.313 e. The van der Waals surface area contributed by atoms with Gasteiger partial charge in [0.2, 0.25) is 0 Å². The van der Waals surface area contributed by atoms with Crippen LogP contribution in [-0.2, 0) is 0 Å². The molecule has 0 saturated heterocycles. The lowest BCUT2D eigenvalue weighted by Gasteiger charge is -2.31.